The number of imide groups is 1. The molecule has 15 nitrogen and oxygen atoms in total. The van der Waals surface area contributed by atoms with E-state index < -0.39 is 5.60 Å². The number of carbonyl (C=O) groups excluding carboxylic acids is 3. The van der Waals surface area contributed by atoms with Gasteiger partial charge in [0.15, 0.2) is 0 Å². The Balaban J connectivity index is 0.840. The first kappa shape index (κ1) is 44.4. The Morgan fingerprint density at radius 3 is 2.34 bits per heavy atom. The highest BCUT2D eigenvalue weighted by atomic mass is 19.1. The topological polar surface area (TPSA) is 207 Å². The molecular formula is C48H62FN9O6. The Labute approximate surface area is 374 Å². The molecule has 3 aromatic rings. The fourth-order valence-electron chi connectivity index (χ4n) is 10.4. The molecule has 342 valence electrons. The Hall–Kier alpha value is -6.16. The summed E-state index contributed by atoms with van der Waals surface area (Å²) in [4.78, 5) is 48.4. The van der Waals surface area contributed by atoms with Gasteiger partial charge in [-0.15, -0.1) is 0 Å². The van der Waals surface area contributed by atoms with Crippen molar-refractivity contribution in [3.8, 4) is 11.5 Å². The van der Waals surface area contributed by atoms with Crippen molar-refractivity contribution in [2.45, 2.75) is 101 Å². The number of amides is 3. The van der Waals surface area contributed by atoms with Gasteiger partial charge in [0.1, 0.15) is 35.3 Å². The molecule has 0 aliphatic carbocycles. The first-order chi connectivity index (χ1) is 30.7. The second-order valence-electron chi connectivity index (χ2n) is 18.1. The molecule has 0 aromatic heterocycles. The van der Waals surface area contributed by atoms with Gasteiger partial charge in [0.2, 0.25) is 17.7 Å². The summed E-state index contributed by atoms with van der Waals surface area (Å²) in [6.45, 7) is 8.00. The zero-order valence-electron chi connectivity index (χ0n) is 36.8. The molecule has 8 rings (SSSR count). The largest absolute Gasteiger partial charge is 0.507 e. The first-order valence-corrected chi connectivity index (χ1v) is 22.7. The number of aromatic hydroxyl groups is 1. The number of allylic oxidation sites excluding steroid dienone is 1. The summed E-state index contributed by atoms with van der Waals surface area (Å²) in [7, 11) is 0. The predicted octanol–water partition coefficient (Wildman–Crippen LogP) is 3.87. The number of hydrogen-bond donors (Lipinski definition) is 6. The number of ether oxygens (including phenoxy) is 1. The number of rotatable bonds is 11. The van der Waals surface area contributed by atoms with Crippen molar-refractivity contribution in [1.82, 2.24) is 15.1 Å². The van der Waals surface area contributed by atoms with E-state index in [0.29, 0.717) is 119 Å². The number of fused-ring (bicyclic) bond motifs is 1. The number of nitrogens with two attached hydrogens (primary N) is 3. The lowest BCUT2D eigenvalue weighted by molar-refractivity contribution is -0.139. The minimum atomic E-state index is -1.11. The summed E-state index contributed by atoms with van der Waals surface area (Å²) < 4.78 is 22.2. The van der Waals surface area contributed by atoms with Crippen LogP contribution in [-0.2, 0) is 20.8 Å². The van der Waals surface area contributed by atoms with Gasteiger partial charge in [0, 0.05) is 111 Å². The van der Waals surface area contributed by atoms with Gasteiger partial charge in [-0.1, -0.05) is 25.1 Å². The number of likely N-dealkylation sites (tertiary alicyclic amines) is 1. The Kier molecular flexibility index (Phi) is 12.9. The number of aliphatic hydroxyl groups is 1. The third kappa shape index (κ3) is 9.24. The monoisotopic (exact) mass is 879 g/mol. The molecule has 5 aliphatic heterocycles. The van der Waals surface area contributed by atoms with Gasteiger partial charge in [0.05, 0.1) is 23.4 Å². The van der Waals surface area contributed by atoms with Crippen LogP contribution in [-0.4, -0.2) is 113 Å². The zero-order valence-corrected chi connectivity index (χ0v) is 36.8. The van der Waals surface area contributed by atoms with E-state index in [9.17, 15) is 24.6 Å². The summed E-state index contributed by atoms with van der Waals surface area (Å²) in [5.41, 5.74) is 22.8. The maximum atomic E-state index is 15.7. The van der Waals surface area contributed by atoms with E-state index in [2.05, 4.69) is 37.9 Å². The number of piperidine rings is 3. The molecule has 4 saturated heterocycles. The lowest BCUT2D eigenvalue weighted by atomic mass is 9.87. The van der Waals surface area contributed by atoms with Crippen molar-refractivity contribution in [3.05, 3.63) is 95.2 Å². The number of anilines is 3. The van der Waals surface area contributed by atoms with Crippen LogP contribution in [0.3, 0.4) is 0 Å². The predicted molar refractivity (Wildman–Crippen MR) is 245 cm³/mol. The number of benzene rings is 3. The van der Waals surface area contributed by atoms with Crippen molar-refractivity contribution in [3.63, 3.8) is 0 Å². The van der Waals surface area contributed by atoms with E-state index in [0.717, 1.165) is 17.8 Å². The fourth-order valence-corrected chi connectivity index (χ4v) is 10.4. The van der Waals surface area contributed by atoms with E-state index >= 15 is 4.39 Å². The van der Waals surface area contributed by atoms with Gasteiger partial charge in [-0.25, -0.2) is 4.39 Å². The fraction of sp³-hybridized carbons (Fsp3) is 0.479. The SMILES string of the molecule is CCC1CN(C(/C=C(\N)c2ccccc2O)=C(N)N)CC(C)N1c1cc(OC2CCN(C(=O)CC3(O)CCN(c4cccc5c4CCN5C4CCC(=O)NC4=O)CC3)CC2)ccc1F. The summed E-state index contributed by atoms with van der Waals surface area (Å²) in [5.74, 6) is -0.179. The summed E-state index contributed by atoms with van der Waals surface area (Å²) >= 11 is 0. The summed E-state index contributed by atoms with van der Waals surface area (Å²) in [6, 6.07) is 17.2. The molecule has 0 bridgehead atoms. The van der Waals surface area contributed by atoms with Crippen molar-refractivity contribution in [2.75, 3.05) is 60.5 Å². The normalized spacial score (nSPS) is 22.9. The average Bonchev–Trinajstić information content (AvgIpc) is 3.70. The van der Waals surface area contributed by atoms with Crippen molar-refractivity contribution >= 4 is 40.5 Å². The van der Waals surface area contributed by atoms with Crippen LogP contribution in [0.2, 0.25) is 0 Å². The Morgan fingerprint density at radius 2 is 1.64 bits per heavy atom. The first-order valence-electron chi connectivity index (χ1n) is 22.7. The number of nitrogens with zero attached hydrogens (tertiary/aromatic N) is 5. The van der Waals surface area contributed by atoms with Gasteiger partial charge in [0.25, 0.3) is 0 Å². The molecular weight excluding hydrogens is 818 g/mol. The third-order valence-electron chi connectivity index (χ3n) is 13.8. The average molecular weight is 880 g/mol. The minimum Gasteiger partial charge on any atom is -0.507 e. The molecule has 9 N–H and O–H groups in total. The van der Waals surface area contributed by atoms with Gasteiger partial charge in [-0.2, -0.15) is 0 Å². The smallest absolute Gasteiger partial charge is 0.249 e. The molecule has 3 aromatic carbocycles. The number of halogens is 1. The highest BCUT2D eigenvalue weighted by Crippen LogP contribution is 2.40. The van der Waals surface area contributed by atoms with Crippen LogP contribution in [0, 0.1) is 5.82 Å². The standard InChI is InChI=1S/C48H62FN9O6/c1-3-31-29-56(42(46(51)52)26-37(50)34-7-4-5-10-43(34)59)28-30(2)58(31)41-25-33(11-12-36(41)49)64-32-15-20-55(21-16-32)45(61)27-48(63)18-23-54(24-19-48)38-8-6-9-39-35(38)17-22-57(39)40-13-14-44(60)53-47(40)62/h4-12,25-26,30-32,40,59,63H,3,13-24,27-29,50-52H2,1-2H3,(H,53,60,62)/b37-26-. The molecule has 5 heterocycles. The van der Waals surface area contributed by atoms with Gasteiger partial charge in [-0.3, -0.25) is 19.7 Å². The highest BCUT2D eigenvalue weighted by Gasteiger charge is 2.40. The van der Waals surface area contributed by atoms with Crippen LogP contribution in [0.15, 0.2) is 78.3 Å². The number of piperazine rings is 1. The number of nitrogens with one attached hydrogen (secondary N) is 1. The van der Waals surface area contributed by atoms with E-state index in [-0.39, 0.29) is 65.8 Å². The van der Waals surface area contributed by atoms with Crippen LogP contribution >= 0.6 is 0 Å². The number of hydrogen-bond acceptors (Lipinski definition) is 13. The molecule has 3 unspecified atom stereocenters. The molecule has 5 aliphatic rings. The second-order valence-corrected chi connectivity index (χ2v) is 18.1. The van der Waals surface area contributed by atoms with E-state index in [4.69, 9.17) is 21.9 Å². The van der Waals surface area contributed by atoms with E-state index in [1.165, 1.54) is 11.6 Å². The minimum absolute atomic E-state index is 0.0481. The number of para-hydroxylation sites is 1. The molecule has 3 atom stereocenters. The third-order valence-corrected chi connectivity index (χ3v) is 13.8. The van der Waals surface area contributed by atoms with Crippen molar-refractivity contribution in [2.24, 2.45) is 17.2 Å². The van der Waals surface area contributed by atoms with E-state index in [1.807, 2.05) is 24.0 Å². The summed E-state index contributed by atoms with van der Waals surface area (Å²) in [5, 5.41) is 24.5. The molecule has 4 fully saturated rings. The molecule has 0 saturated carbocycles. The van der Waals surface area contributed by atoms with Crippen LogP contribution in [0.4, 0.5) is 21.5 Å². The van der Waals surface area contributed by atoms with Gasteiger partial charge < -0.3 is 56.7 Å². The van der Waals surface area contributed by atoms with E-state index in [1.54, 1.807) is 42.5 Å². The second kappa shape index (κ2) is 18.5. The lowest BCUT2D eigenvalue weighted by Crippen LogP contribution is -2.58. The van der Waals surface area contributed by atoms with Crippen LogP contribution < -0.4 is 42.0 Å². The van der Waals surface area contributed by atoms with Gasteiger partial charge >= 0.3 is 0 Å². The lowest BCUT2D eigenvalue weighted by Gasteiger charge is -2.48. The van der Waals surface area contributed by atoms with Crippen LogP contribution in [0.1, 0.15) is 76.3 Å². The highest BCUT2D eigenvalue weighted by molar-refractivity contribution is 6.02. The number of phenolic OH excluding ortho intramolecular Hbond substituents is 1. The maximum Gasteiger partial charge on any atom is 0.249 e. The van der Waals surface area contributed by atoms with Crippen LogP contribution in [0.5, 0.6) is 11.5 Å². The van der Waals surface area contributed by atoms with Gasteiger partial charge in [-0.05, 0) is 81.5 Å². The quantitative estimate of drug-likeness (QED) is 0.120. The Bertz CT molecular complexity index is 2300. The Morgan fingerprint density at radius 1 is 0.906 bits per heavy atom. The summed E-state index contributed by atoms with van der Waals surface area (Å²) in [6.07, 6.45) is 6.06. The number of carbonyl (C=O) groups is 3. The molecule has 16 heteroatoms. The molecule has 64 heavy (non-hydrogen) atoms. The van der Waals surface area contributed by atoms with Crippen molar-refractivity contribution in [1.29, 1.82) is 0 Å². The van der Waals surface area contributed by atoms with Crippen LogP contribution in [0.25, 0.3) is 5.70 Å². The number of phenols is 1. The maximum absolute atomic E-state index is 15.7. The zero-order chi connectivity index (χ0) is 45.3. The van der Waals surface area contributed by atoms with Crippen molar-refractivity contribution < 1.29 is 33.7 Å². The molecule has 0 spiro atoms. The molecule has 0 radical (unpaired) electrons. The molecule has 3 amide bonds.